The number of hydrogen-bond acceptors (Lipinski definition) is 4. The molecular formula is C13H16N2OS. The van der Waals surface area contributed by atoms with Crippen LogP contribution in [0.15, 0.2) is 18.2 Å². The molecule has 90 valence electrons. The first-order valence-corrected chi connectivity index (χ1v) is 6.62. The van der Waals surface area contributed by atoms with E-state index in [2.05, 4.69) is 32.0 Å². The molecule has 0 spiro atoms. The lowest BCUT2D eigenvalue weighted by Crippen LogP contribution is -2.41. The number of aryl methyl sites for hydroxylation is 1. The molecule has 1 aromatic heterocycles. The van der Waals surface area contributed by atoms with E-state index >= 15 is 0 Å². The molecule has 1 aliphatic heterocycles. The van der Waals surface area contributed by atoms with Crippen molar-refractivity contribution in [2.24, 2.45) is 5.73 Å². The van der Waals surface area contributed by atoms with Gasteiger partial charge in [0.25, 0.3) is 0 Å². The molecule has 17 heavy (non-hydrogen) atoms. The predicted molar refractivity (Wildman–Crippen MR) is 70.5 cm³/mol. The summed E-state index contributed by atoms with van der Waals surface area (Å²) < 4.78 is 6.72. The minimum Gasteiger partial charge on any atom is -0.379 e. The summed E-state index contributed by atoms with van der Waals surface area (Å²) in [7, 11) is 0. The summed E-state index contributed by atoms with van der Waals surface area (Å²) in [4.78, 5) is 4.74. The van der Waals surface area contributed by atoms with Crippen LogP contribution in [0.5, 0.6) is 0 Å². The zero-order chi connectivity index (χ0) is 12.0. The van der Waals surface area contributed by atoms with Crippen molar-refractivity contribution in [2.45, 2.75) is 25.3 Å². The molecule has 3 nitrogen and oxygen atoms in total. The van der Waals surface area contributed by atoms with E-state index in [9.17, 15) is 0 Å². The fraction of sp³-hybridized carbons (Fsp3) is 0.462. The Kier molecular flexibility index (Phi) is 2.47. The molecule has 2 aromatic rings. The average Bonchev–Trinajstić information content (AvgIpc) is 2.84. The van der Waals surface area contributed by atoms with Crippen LogP contribution in [0.1, 0.15) is 17.5 Å². The number of nitrogens with two attached hydrogens (primary N) is 1. The fourth-order valence-corrected chi connectivity index (χ4v) is 3.33. The van der Waals surface area contributed by atoms with E-state index < -0.39 is 0 Å². The highest BCUT2D eigenvalue weighted by atomic mass is 32.1. The van der Waals surface area contributed by atoms with Crippen molar-refractivity contribution >= 4 is 21.6 Å². The van der Waals surface area contributed by atoms with Crippen LogP contribution in [0.4, 0.5) is 0 Å². The Morgan fingerprint density at radius 1 is 1.53 bits per heavy atom. The third kappa shape index (κ3) is 1.68. The van der Waals surface area contributed by atoms with Gasteiger partial charge in [-0.05, 0) is 31.5 Å². The van der Waals surface area contributed by atoms with Gasteiger partial charge in [0.1, 0.15) is 5.01 Å². The van der Waals surface area contributed by atoms with Crippen molar-refractivity contribution in [1.82, 2.24) is 4.98 Å². The molecule has 2 heterocycles. The molecule has 2 atom stereocenters. The van der Waals surface area contributed by atoms with Gasteiger partial charge >= 0.3 is 0 Å². The fourth-order valence-electron chi connectivity index (χ4n) is 2.19. The van der Waals surface area contributed by atoms with E-state index in [1.54, 1.807) is 11.3 Å². The van der Waals surface area contributed by atoms with Crippen LogP contribution in [-0.2, 0) is 10.2 Å². The van der Waals surface area contributed by atoms with Crippen LogP contribution in [0.3, 0.4) is 0 Å². The summed E-state index contributed by atoms with van der Waals surface area (Å²) in [5.74, 6) is 0. The van der Waals surface area contributed by atoms with Crippen LogP contribution >= 0.6 is 11.3 Å². The number of aromatic nitrogens is 1. The Labute approximate surface area is 105 Å². The summed E-state index contributed by atoms with van der Waals surface area (Å²) in [6.07, 6.45) is 0. The SMILES string of the molecule is Cc1ccc2sc(C3(C)COCC3N)nc2c1. The van der Waals surface area contributed by atoms with Gasteiger partial charge in [0, 0.05) is 6.04 Å². The van der Waals surface area contributed by atoms with Gasteiger partial charge in [0.05, 0.1) is 28.8 Å². The monoisotopic (exact) mass is 248 g/mol. The van der Waals surface area contributed by atoms with Crippen molar-refractivity contribution in [3.63, 3.8) is 0 Å². The lowest BCUT2D eigenvalue weighted by molar-refractivity contribution is 0.180. The lowest BCUT2D eigenvalue weighted by Gasteiger charge is -2.23. The number of thiazole rings is 1. The molecule has 0 aliphatic carbocycles. The molecule has 0 radical (unpaired) electrons. The zero-order valence-electron chi connectivity index (χ0n) is 10.1. The minimum absolute atomic E-state index is 0.0455. The van der Waals surface area contributed by atoms with Crippen molar-refractivity contribution < 1.29 is 4.74 Å². The van der Waals surface area contributed by atoms with Gasteiger partial charge in [0.2, 0.25) is 0 Å². The second-order valence-electron chi connectivity index (χ2n) is 5.03. The van der Waals surface area contributed by atoms with Crippen molar-refractivity contribution in [3.8, 4) is 0 Å². The largest absolute Gasteiger partial charge is 0.379 e. The van der Waals surface area contributed by atoms with Gasteiger partial charge in [0.15, 0.2) is 0 Å². The maximum Gasteiger partial charge on any atom is 0.104 e. The molecule has 2 N–H and O–H groups in total. The summed E-state index contributed by atoms with van der Waals surface area (Å²) >= 11 is 1.73. The number of ether oxygens (including phenoxy) is 1. The molecule has 1 fully saturated rings. The highest BCUT2D eigenvalue weighted by Crippen LogP contribution is 2.36. The highest BCUT2D eigenvalue weighted by Gasteiger charge is 2.41. The van der Waals surface area contributed by atoms with E-state index in [0.29, 0.717) is 13.2 Å². The zero-order valence-corrected chi connectivity index (χ0v) is 10.9. The number of nitrogens with zero attached hydrogens (tertiary/aromatic N) is 1. The van der Waals surface area contributed by atoms with E-state index in [1.165, 1.54) is 10.3 Å². The van der Waals surface area contributed by atoms with E-state index in [0.717, 1.165) is 10.5 Å². The van der Waals surface area contributed by atoms with Gasteiger partial charge in [-0.3, -0.25) is 0 Å². The van der Waals surface area contributed by atoms with E-state index in [1.807, 2.05) is 0 Å². The Morgan fingerprint density at radius 3 is 3.06 bits per heavy atom. The maximum absolute atomic E-state index is 6.14. The van der Waals surface area contributed by atoms with Crippen LogP contribution < -0.4 is 5.73 Å². The Hall–Kier alpha value is -0.970. The number of benzene rings is 1. The van der Waals surface area contributed by atoms with Gasteiger partial charge < -0.3 is 10.5 Å². The van der Waals surface area contributed by atoms with E-state index in [-0.39, 0.29) is 11.5 Å². The molecule has 0 bridgehead atoms. The number of rotatable bonds is 1. The minimum atomic E-state index is -0.127. The third-order valence-electron chi connectivity index (χ3n) is 3.55. The normalized spacial score (nSPS) is 29.0. The summed E-state index contributed by atoms with van der Waals surface area (Å²) in [6.45, 7) is 5.54. The molecular weight excluding hydrogens is 232 g/mol. The first-order chi connectivity index (χ1) is 8.09. The Balaban J connectivity index is 2.12. The molecule has 1 saturated heterocycles. The number of fused-ring (bicyclic) bond motifs is 1. The summed E-state index contributed by atoms with van der Waals surface area (Å²) in [5, 5.41) is 1.10. The van der Waals surface area contributed by atoms with Gasteiger partial charge in [-0.25, -0.2) is 4.98 Å². The Morgan fingerprint density at radius 2 is 2.35 bits per heavy atom. The topological polar surface area (TPSA) is 48.1 Å². The van der Waals surface area contributed by atoms with Crippen molar-refractivity contribution in [1.29, 1.82) is 0 Å². The molecule has 1 aromatic carbocycles. The predicted octanol–water partition coefficient (Wildman–Crippen LogP) is 2.22. The van der Waals surface area contributed by atoms with Gasteiger partial charge in [-0.2, -0.15) is 0 Å². The first kappa shape index (κ1) is 11.1. The standard InChI is InChI=1S/C13H16N2OS/c1-8-3-4-10-9(5-8)15-12(17-10)13(2)7-16-6-11(13)14/h3-5,11H,6-7,14H2,1-2H3. The van der Waals surface area contributed by atoms with Crippen molar-refractivity contribution in [3.05, 3.63) is 28.8 Å². The lowest BCUT2D eigenvalue weighted by atomic mass is 9.87. The molecule has 2 unspecified atom stereocenters. The second-order valence-corrected chi connectivity index (χ2v) is 6.06. The molecule has 4 heteroatoms. The van der Waals surface area contributed by atoms with Crippen LogP contribution in [0.2, 0.25) is 0 Å². The molecule has 1 aliphatic rings. The Bertz CT molecular complexity index is 566. The average molecular weight is 248 g/mol. The summed E-state index contributed by atoms with van der Waals surface area (Å²) in [5.41, 5.74) is 8.33. The molecule has 3 rings (SSSR count). The first-order valence-electron chi connectivity index (χ1n) is 5.80. The molecule has 0 saturated carbocycles. The quantitative estimate of drug-likeness (QED) is 0.842. The highest BCUT2D eigenvalue weighted by molar-refractivity contribution is 7.18. The van der Waals surface area contributed by atoms with E-state index in [4.69, 9.17) is 15.5 Å². The van der Waals surface area contributed by atoms with Gasteiger partial charge in [-0.1, -0.05) is 6.07 Å². The number of hydrogen-bond donors (Lipinski definition) is 1. The van der Waals surface area contributed by atoms with Crippen LogP contribution in [-0.4, -0.2) is 24.2 Å². The third-order valence-corrected chi connectivity index (χ3v) is 4.87. The summed E-state index contributed by atoms with van der Waals surface area (Å²) in [6, 6.07) is 6.43. The van der Waals surface area contributed by atoms with Crippen LogP contribution in [0.25, 0.3) is 10.2 Å². The smallest absolute Gasteiger partial charge is 0.104 e. The second kappa shape index (κ2) is 3.77. The molecule has 0 amide bonds. The van der Waals surface area contributed by atoms with Crippen LogP contribution in [0, 0.1) is 6.92 Å². The van der Waals surface area contributed by atoms with Gasteiger partial charge in [-0.15, -0.1) is 11.3 Å². The van der Waals surface area contributed by atoms with Crippen molar-refractivity contribution in [2.75, 3.05) is 13.2 Å². The maximum atomic E-state index is 6.14.